The van der Waals surface area contributed by atoms with Crippen molar-refractivity contribution in [1.82, 2.24) is 25.3 Å². The van der Waals surface area contributed by atoms with Crippen LogP contribution < -0.4 is 5.32 Å². The van der Waals surface area contributed by atoms with E-state index in [2.05, 4.69) is 15.5 Å². The Morgan fingerprint density at radius 3 is 2.43 bits per heavy atom. The molecule has 8 nitrogen and oxygen atoms in total. The maximum Gasteiger partial charge on any atom is 0.312 e. The summed E-state index contributed by atoms with van der Waals surface area (Å²) in [7, 11) is 0. The van der Waals surface area contributed by atoms with Crippen LogP contribution in [0.25, 0.3) is 0 Å². The van der Waals surface area contributed by atoms with Crippen LogP contribution in [0.5, 0.6) is 0 Å². The van der Waals surface area contributed by atoms with Crippen molar-refractivity contribution in [3.05, 3.63) is 18.0 Å². The average molecular weight is 321 g/mol. The molecule has 1 aliphatic rings. The fourth-order valence-electron chi connectivity index (χ4n) is 2.45. The number of carbonyl (C=O) groups excluding carboxylic acids is 3. The van der Waals surface area contributed by atoms with Gasteiger partial charge in [-0.2, -0.15) is 5.10 Å². The van der Waals surface area contributed by atoms with E-state index < -0.39 is 11.8 Å². The molecule has 0 bridgehead atoms. The maximum atomic E-state index is 12.2. The van der Waals surface area contributed by atoms with E-state index in [1.165, 1.54) is 4.90 Å². The van der Waals surface area contributed by atoms with E-state index in [4.69, 9.17) is 0 Å². The molecule has 0 radical (unpaired) electrons. The van der Waals surface area contributed by atoms with Gasteiger partial charge in [0, 0.05) is 44.8 Å². The predicted molar refractivity (Wildman–Crippen MR) is 83.3 cm³/mol. The molecule has 1 aromatic heterocycles. The molecular formula is C15H23N5O3. The summed E-state index contributed by atoms with van der Waals surface area (Å²) >= 11 is 0. The molecule has 2 N–H and O–H groups in total. The van der Waals surface area contributed by atoms with Crippen molar-refractivity contribution in [2.24, 2.45) is 0 Å². The van der Waals surface area contributed by atoms with Gasteiger partial charge in [0.2, 0.25) is 5.91 Å². The van der Waals surface area contributed by atoms with Gasteiger partial charge in [-0.3, -0.25) is 19.5 Å². The quantitative estimate of drug-likeness (QED) is 0.733. The highest BCUT2D eigenvalue weighted by Gasteiger charge is 2.27. The van der Waals surface area contributed by atoms with Gasteiger partial charge in [-0.25, -0.2) is 0 Å². The number of aromatic amines is 1. The Morgan fingerprint density at radius 1 is 1.22 bits per heavy atom. The van der Waals surface area contributed by atoms with Crippen molar-refractivity contribution in [2.75, 3.05) is 26.2 Å². The number of amides is 3. The van der Waals surface area contributed by atoms with Crippen LogP contribution in [-0.2, 0) is 20.8 Å². The molecule has 1 fully saturated rings. The highest BCUT2D eigenvalue weighted by Crippen LogP contribution is 2.07. The number of nitrogens with zero attached hydrogens (tertiary/aromatic N) is 3. The topological polar surface area (TPSA) is 98.4 Å². The van der Waals surface area contributed by atoms with Crippen LogP contribution >= 0.6 is 0 Å². The first-order chi connectivity index (χ1) is 11.0. The van der Waals surface area contributed by atoms with Gasteiger partial charge in [0.25, 0.3) is 0 Å². The van der Waals surface area contributed by atoms with E-state index in [1.807, 2.05) is 13.8 Å². The first-order valence-electron chi connectivity index (χ1n) is 7.82. The number of aromatic nitrogens is 2. The van der Waals surface area contributed by atoms with E-state index in [9.17, 15) is 14.4 Å². The molecule has 1 aliphatic heterocycles. The average Bonchev–Trinajstić information content (AvgIpc) is 3.04. The van der Waals surface area contributed by atoms with Crippen molar-refractivity contribution >= 4 is 17.7 Å². The van der Waals surface area contributed by atoms with Crippen molar-refractivity contribution < 1.29 is 14.4 Å². The third kappa shape index (κ3) is 4.80. The highest BCUT2D eigenvalue weighted by atomic mass is 16.2. The van der Waals surface area contributed by atoms with Gasteiger partial charge in [-0.1, -0.05) is 0 Å². The lowest BCUT2D eigenvalue weighted by atomic mass is 10.1. The first-order valence-corrected chi connectivity index (χ1v) is 7.82. The zero-order valence-electron chi connectivity index (χ0n) is 13.5. The summed E-state index contributed by atoms with van der Waals surface area (Å²) in [5.41, 5.74) is 0.998. The smallest absolute Gasteiger partial charge is 0.312 e. The molecule has 0 spiro atoms. The maximum absolute atomic E-state index is 12.2. The lowest BCUT2D eigenvalue weighted by molar-refractivity contribution is -0.148. The molecule has 0 aromatic carbocycles. The van der Waals surface area contributed by atoms with Crippen LogP contribution in [0.15, 0.2) is 12.4 Å². The Kier molecular flexibility index (Phi) is 5.72. The molecule has 1 aromatic rings. The second-order valence-electron chi connectivity index (χ2n) is 5.91. The number of hydrogen-bond donors (Lipinski definition) is 2. The van der Waals surface area contributed by atoms with E-state index in [-0.39, 0.29) is 11.9 Å². The van der Waals surface area contributed by atoms with Crippen molar-refractivity contribution in [1.29, 1.82) is 0 Å². The van der Waals surface area contributed by atoms with Crippen molar-refractivity contribution in [3.63, 3.8) is 0 Å². The van der Waals surface area contributed by atoms with Gasteiger partial charge in [0.1, 0.15) is 0 Å². The number of hydrogen-bond acceptors (Lipinski definition) is 4. The standard InChI is InChI=1S/C15H23N5O3/c1-11(2)18-14(22)15(23)20-7-5-19(6-8-20)13(21)4-3-12-9-16-17-10-12/h9-11H,3-8H2,1-2H3,(H,16,17)(H,18,22). The number of carbonyl (C=O) groups is 3. The molecule has 8 heteroatoms. The molecule has 126 valence electrons. The summed E-state index contributed by atoms with van der Waals surface area (Å²) in [6.45, 7) is 5.32. The van der Waals surface area contributed by atoms with Crippen molar-refractivity contribution in [2.45, 2.75) is 32.7 Å². The van der Waals surface area contributed by atoms with Crippen LogP contribution in [0.2, 0.25) is 0 Å². The SMILES string of the molecule is CC(C)NC(=O)C(=O)N1CCN(C(=O)CCc2cn[nH]c2)CC1. The van der Waals surface area contributed by atoms with Gasteiger partial charge in [0.05, 0.1) is 6.20 Å². The summed E-state index contributed by atoms with van der Waals surface area (Å²) in [6, 6.07) is -0.0720. The minimum absolute atomic E-state index is 0.0601. The largest absolute Gasteiger partial charge is 0.346 e. The molecule has 2 rings (SSSR count). The Labute approximate surface area is 135 Å². The lowest BCUT2D eigenvalue weighted by Crippen LogP contribution is -2.54. The number of piperazine rings is 1. The molecular weight excluding hydrogens is 298 g/mol. The Bertz CT molecular complexity index is 547. The Morgan fingerprint density at radius 2 is 1.87 bits per heavy atom. The van der Waals surface area contributed by atoms with Gasteiger partial charge in [-0.05, 0) is 25.8 Å². The van der Waals surface area contributed by atoms with Crippen LogP contribution in [0.3, 0.4) is 0 Å². The highest BCUT2D eigenvalue weighted by molar-refractivity contribution is 6.35. The number of rotatable bonds is 4. The zero-order valence-corrected chi connectivity index (χ0v) is 13.5. The lowest BCUT2D eigenvalue weighted by Gasteiger charge is -2.34. The van der Waals surface area contributed by atoms with Gasteiger partial charge in [0.15, 0.2) is 0 Å². The molecule has 0 saturated carbocycles. The van der Waals surface area contributed by atoms with E-state index in [0.29, 0.717) is 39.0 Å². The third-order valence-corrected chi connectivity index (χ3v) is 3.72. The van der Waals surface area contributed by atoms with Crippen LogP contribution in [-0.4, -0.2) is 69.9 Å². The van der Waals surface area contributed by atoms with Gasteiger partial charge in [-0.15, -0.1) is 0 Å². The second kappa shape index (κ2) is 7.75. The second-order valence-corrected chi connectivity index (χ2v) is 5.91. The van der Waals surface area contributed by atoms with Crippen LogP contribution in [0, 0.1) is 0 Å². The van der Waals surface area contributed by atoms with Crippen molar-refractivity contribution in [3.8, 4) is 0 Å². The van der Waals surface area contributed by atoms with Crippen LogP contribution in [0.1, 0.15) is 25.8 Å². The predicted octanol–water partition coefficient (Wildman–Crippen LogP) is -0.462. The number of H-pyrrole nitrogens is 1. The summed E-state index contributed by atoms with van der Waals surface area (Å²) in [4.78, 5) is 39.1. The molecule has 2 heterocycles. The Balaban J connectivity index is 1.75. The number of aryl methyl sites for hydroxylation is 1. The van der Waals surface area contributed by atoms with Gasteiger partial charge >= 0.3 is 11.8 Å². The van der Waals surface area contributed by atoms with E-state index in [1.54, 1.807) is 17.3 Å². The molecule has 23 heavy (non-hydrogen) atoms. The van der Waals surface area contributed by atoms with E-state index in [0.717, 1.165) is 5.56 Å². The molecule has 0 unspecified atom stereocenters. The zero-order chi connectivity index (χ0) is 16.8. The fourth-order valence-corrected chi connectivity index (χ4v) is 2.45. The third-order valence-electron chi connectivity index (χ3n) is 3.72. The minimum atomic E-state index is -0.584. The minimum Gasteiger partial charge on any atom is -0.346 e. The first kappa shape index (κ1) is 17.0. The Hall–Kier alpha value is -2.38. The summed E-state index contributed by atoms with van der Waals surface area (Å²) in [5, 5.41) is 9.16. The van der Waals surface area contributed by atoms with E-state index >= 15 is 0 Å². The van der Waals surface area contributed by atoms with Crippen LogP contribution in [0.4, 0.5) is 0 Å². The fraction of sp³-hybridized carbons (Fsp3) is 0.600. The molecule has 1 saturated heterocycles. The summed E-state index contributed by atoms with van der Waals surface area (Å²) < 4.78 is 0. The summed E-state index contributed by atoms with van der Waals surface area (Å²) in [5.74, 6) is -1.05. The molecule has 0 aliphatic carbocycles. The monoisotopic (exact) mass is 321 g/mol. The number of nitrogens with one attached hydrogen (secondary N) is 2. The molecule has 3 amide bonds. The normalized spacial score (nSPS) is 14.9. The summed E-state index contributed by atoms with van der Waals surface area (Å²) in [6.07, 6.45) is 4.54. The van der Waals surface area contributed by atoms with Gasteiger partial charge < -0.3 is 15.1 Å². The molecule has 0 atom stereocenters.